The minimum Gasteiger partial charge on any atom is -0.340 e. The van der Waals surface area contributed by atoms with Crippen LogP contribution in [0.2, 0.25) is 0 Å². The molecule has 0 radical (unpaired) electrons. The first-order valence-electron chi connectivity index (χ1n) is 9.39. The molecule has 0 spiro atoms. The van der Waals surface area contributed by atoms with E-state index in [1.54, 1.807) is 18.2 Å². The maximum absolute atomic E-state index is 13.0. The zero-order chi connectivity index (χ0) is 19.1. The number of aromatic nitrogens is 4. The molecule has 0 saturated carbocycles. The summed E-state index contributed by atoms with van der Waals surface area (Å²) in [7, 11) is 0. The zero-order valence-corrected chi connectivity index (χ0v) is 15.2. The van der Waals surface area contributed by atoms with Gasteiger partial charge in [0.2, 0.25) is 5.91 Å². The van der Waals surface area contributed by atoms with Crippen LogP contribution in [0.5, 0.6) is 0 Å². The first kappa shape index (κ1) is 16.7. The lowest BCUT2D eigenvalue weighted by Crippen LogP contribution is -2.36. The molecule has 1 amide bonds. The van der Waals surface area contributed by atoms with E-state index in [4.69, 9.17) is 0 Å². The van der Waals surface area contributed by atoms with E-state index in [9.17, 15) is 9.59 Å². The van der Waals surface area contributed by atoms with E-state index < -0.39 is 0 Å². The molecule has 140 valence electrons. The van der Waals surface area contributed by atoms with Gasteiger partial charge in [0.25, 0.3) is 5.56 Å². The molecule has 1 aliphatic heterocycles. The topological polar surface area (TPSA) is 83.9 Å². The largest absolute Gasteiger partial charge is 0.340 e. The number of para-hydroxylation sites is 3. The number of carbonyl (C=O) groups excluding carboxylic acids is 1. The Hall–Kier alpha value is -3.48. The standard InChI is InChI=1S/C21H19N5O2/c27-19(12-25-13-22-15-7-2-1-6-14(15)21(25)28)26-11-5-10-18(26)20-23-16-8-3-4-9-17(16)24-20/h1-4,6-9,13,18H,5,10-12H2,(H,23,24). The third-order valence-corrected chi connectivity index (χ3v) is 5.33. The number of aromatic amines is 1. The second-order valence-electron chi connectivity index (χ2n) is 7.08. The molecule has 1 N–H and O–H groups in total. The zero-order valence-electron chi connectivity index (χ0n) is 15.2. The van der Waals surface area contributed by atoms with Gasteiger partial charge in [-0.1, -0.05) is 24.3 Å². The highest BCUT2D eigenvalue weighted by Crippen LogP contribution is 2.31. The van der Waals surface area contributed by atoms with Crippen molar-refractivity contribution in [2.45, 2.75) is 25.4 Å². The summed E-state index contributed by atoms with van der Waals surface area (Å²) in [6.45, 7) is 0.643. The number of nitrogens with one attached hydrogen (secondary N) is 1. The molecule has 2 aromatic carbocycles. The Kier molecular flexibility index (Phi) is 3.93. The summed E-state index contributed by atoms with van der Waals surface area (Å²) in [4.78, 5) is 39.8. The molecule has 1 aliphatic rings. The Morgan fingerprint density at radius 1 is 1.11 bits per heavy atom. The van der Waals surface area contributed by atoms with Gasteiger partial charge < -0.3 is 9.88 Å². The summed E-state index contributed by atoms with van der Waals surface area (Å²) in [6, 6.07) is 14.9. The van der Waals surface area contributed by atoms with Gasteiger partial charge in [0.1, 0.15) is 12.4 Å². The van der Waals surface area contributed by atoms with Gasteiger partial charge in [-0.25, -0.2) is 9.97 Å². The van der Waals surface area contributed by atoms with E-state index in [2.05, 4.69) is 15.0 Å². The molecule has 0 bridgehead atoms. The van der Waals surface area contributed by atoms with E-state index in [-0.39, 0.29) is 24.1 Å². The number of carbonyl (C=O) groups is 1. The summed E-state index contributed by atoms with van der Waals surface area (Å²) in [5, 5.41) is 0.521. The number of fused-ring (bicyclic) bond motifs is 2. The molecule has 1 fully saturated rings. The number of hydrogen-bond acceptors (Lipinski definition) is 4. The van der Waals surface area contributed by atoms with Gasteiger partial charge in [-0.05, 0) is 37.1 Å². The molecule has 5 rings (SSSR count). The van der Waals surface area contributed by atoms with Crippen LogP contribution in [-0.4, -0.2) is 36.9 Å². The van der Waals surface area contributed by atoms with Crippen LogP contribution in [0.4, 0.5) is 0 Å². The average Bonchev–Trinajstić information content (AvgIpc) is 3.37. The van der Waals surface area contributed by atoms with Gasteiger partial charge in [-0.3, -0.25) is 14.2 Å². The van der Waals surface area contributed by atoms with Gasteiger partial charge in [0.15, 0.2) is 0 Å². The highest BCUT2D eigenvalue weighted by atomic mass is 16.2. The van der Waals surface area contributed by atoms with Crippen molar-refractivity contribution in [2.24, 2.45) is 0 Å². The van der Waals surface area contributed by atoms with Crippen LogP contribution in [-0.2, 0) is 11.3 Å². The van der Waals surface area contributed by atoms with Crippen LogP contribution in [0.3, 0.4) is 0 Å². The van der Waals surface area contributed by atoms with Crippen LogP contribution in [0.25, 0.3) is 21.9 Å². The predicted octanol–water partition coefficient (Wildman–Crippen LogP) is 2.64. The normalized spacial score (nSPS) is 16.9. The molecule has 3 heterocycles. The lowest BCUT2D eigenvalue weighted by molar-refractivity contribution is -0.133. The van der Waals surface area contributed by atoms with Crippen molar-refractivity contribution in [3.8, 4) is 0 Å². The van der Waals surface area contributed by atoms with Crippen molar-refractivity contribution in [2.75, 3.05) is 6.54 Å². The lowest BCUT2D eigenvalue weighted by Gasteiger charge is -2.23. The summed E-state index contributed by atoms with van der Waals surface area (Å²) in [5.41, 5.74) is 2.30. The van der Waals surface area contributed by atoms with Gasteiger partial charge >= 0.3 is 0 Å². The Morgan fingerprint density at radius 2 is 1.89 bits per heavy atom. The number of nitrogens with zero attached hydrogens (tertiary/aromatic N) is 4. The number of H-pyrrole nitrogens is 1. The highest BCUT2D eigenvalue weighted by molar-refractivity contribution is 5.80. The summed E-state index contributed by atoms with van der Waals surface area (Å²) >= 11 is 0. The van der Waals surface area contributed by atoms with E-state index in [0.717, 1.165) is 29.7 Å². The molecule has 1 saturated heterocycles. The van der Waals surface area contributed by atoms with Crippen molar-refractivity contribution < 1.29 is 4.79 Å². The van der Waals surface area contributed by atoms with Crippen LogP contribution in [0, 0.1) is 0 Å². The van der Waals surface area contributed by atoms with Gasteiger partial charge in [-0.15, -0.1) is 0 Å². The van der Waals surface area contributed by atoms with Crippen molar-refractivity contribution in [3.63, 3.8) is 0 Å². The van der Waals surface area contributed by atoms with Crippen molar-refractivity contribution >= 4 is 27.8 Å². The molecular formula is C21H19N5O2. The molecule has 7 heteroatoms. The fourth-order valence-corrected chi connectivity index (χ4v) is 3.94. The lowest BCUT2D eigenvalue weighted by atomic mass is 10.2. The van der Waals surface area contributed by atoms with Crippen molar-refractivity contribution in [1.82, 2.24) is 24.4 Å². The third kappa shape index (κ3) is 2.76. The Balaban J connectivity index is 1.43. The number of likely N-dealkylation sites (tertiary alicyclic amines) is 1. The maximum atomic E-state index is 13.0. The monoisotopic (exact) mass is 373 g/mol. The predicted molar refractivity (Wildman–Crippen MR) is 106 cm³/mol. The van der Waals surface area contributed by atoms with Crippen molar-refractivity contribution in [3.05, 3.63) is 71.0 Å². The number of rotatable bonds is 3. The minimum atomic E-state index is -0.196. The summed E-state index contributed by atoms with van der Waals surface area (Å²) < 4.78 is 1.39. The fourth-order valence-electron chi connectivity index (χ4n) is 3.94. The van der Waals surface area contributed by atoms with E-state index in [0.29, 0.717) is 17.4 Å². The second-order valence-corrected chi connectivity index (χ2v) is 7.08. The summed E-state index contributed by atoms with van der Waals surface area (Å²) in [6.07, 6.45) is 3.23. The van der Waals surface area contributed by atoms with Gasteiger partial charge in [0.05, 0.1) is 34.3 Å². The van der Waals surface area contributed by atoms with Gasteiger partial charge in [0, 0.05) is 6.54 Å². The highest BCUT2D eigenvalue weighted by Gasteiger charge is 2.32. The molecule has 1 unspecified atom stereocenters. The molecular weight excluding hydrogens is 354 g/mol. The minimum absolute atomic E-state index is 0.0204. The van der Waals surface area contributed by atoms with Crippen molar-refractivity contribution in [1.29, 1.82) is 0 Å². The Labute approximate surface area is 160 Å². The quantitative estimate of drug-likeness (QED) is 0.598. The molecule has 1 atom stereocenters. The van der Waals surface area contributed by atoms with E-state index >= 15 is 0 Å². The van der Waals surface area contributed by atoms with Crippen LogP contribution < -0.4 is 5.56 Å². The fraction of sp³-hybridized carbons (Fsp3) is 0.238. The molecule has 4 aromatic rings. The van der Waals surface area contributed by atoms with E-state index in [1.807, 2.05) is 35.2 Å². The molecule has 0 aliphatic carbocycles. The smallest absolute Gasteiger partial charge is 0.261 e. The first-order chi connectivity index (χ1) is 13.7. The first-order valence-corrected chi connectivity index (χ1v) is 9.39. The number of amides is 1. The average molecular weight is 373 g/mol. The van der Waals surface area contributed by atoms with E-state index in [1.165, 1.54) is 10.9 Å². The van der Waals surface area contributed by atoms with Crippen LogP contribution >= 0.6 is 0 Å². The molecule has 7 nitrogen and oxygen atoms in total. The molecule has 28 heavy (non-hydrogen) atoms. The number of benzene rings is 2. The summed E-state index contributed by atoms with van der Waals surface area (Å²) in [5.74, 6) is 0.707. The number of hydrogen-bond donors (Lipinski definition) is 1. The molecule has 2 aromatic heterocycles. The Bertz CT molecular complexity index is 1210. The Morgan fingerprint density at radius 3 is 2.75 bits per heavy atom. The second kappa shape index (κ2) is 6.60. The van der Waals surface area contributed by atoms with Gasteiger partial charge in [-0.2, -0.15) is 0 Å². The van der Waals surface area contributed by atoms with Crippen LogP contribution in [0.15, 0.2) is 59.7 Å². The van der Waals surface area contributed by atoms with Crippen LogP contribution in [0.1, 0.15) is 24.7 Å². The number of imidazole rings is 1. The SMILES string of the molecule is O=C(Cn1cnc2ccccc2c1=O)N1CCCC1c1nc2ccccc2[nH]1. The third-order valence-electron chi connectivity index (χ3n) is 5.33. The maximum Gasteiger partial charge on any atom is 0.261 e.